The number of hydrogen-bond donors (Lipinski definition) is 1. The highest BCUT2D eigenvalue weighted by Gasteiger charge is 2.33. The molecule has 1 aromatic heterocycles. The number of carbonyl (C=O) groups excluding carboxylic acids is 1. The number of hydrogen-bond acceptors (Lipinski definition) is 1. The molecule has 0 aliphatic rings. The third-order valence-corrected chi connectivity index (χ3v) is 2.01. The van der Waals surface area contributed by atoms with Crippen molar-refractivity contribution in [2.24, 2.45) is 0 Å². The van der Waals surface area contributed by atoms with Gasteiger partial charge >= 0.3 is 0 Å². The Morgan fingerprint density at radius 2 is 2.00 bits per heavy atom. The van der Waals surface area contributed by atoms with Crippen molar-refractivity contribution in [2.75, 3.05) is 0 Å². The number of Topliss-reactive ketones (excluding diaryl/α,β-unsaturated/α-hetero) is 1. The van der Waals surface area contributed by atoms with E-state index in [2.05, 4.69) is 4.98 Å². The van der Waals surface area contributed by atoms with Gasteiger partial charge in [-0.15, -0.1) is 0 Å². The maximum Gasteiger partial charge on any atom is 0.255 e. The molecule has 1 heterocycles. The summed E-state index contributed by atoms with van der Waals surface area (Å²) in [5.74, 6) is -0.664. The summed E-state index contributed by atoms with van der Waals surface area (Å²) in [5.41, 5.74) is 0.108. The van der Waals surface area contributed by atoms with Gasteiger partial charge in [0.05, 0.1) is 5.02 Å². The Kier molecular flexibility index (Phi) is 2.94. The Hall–Kier alpha value is 0.110. The van der Waals surface area contributed by atoms with E-state index in [1.165, 1.54) is 12.3 Å². The molecule has 2 nitrogen and oxygen atoms in total. The van der Waals surface area contributed by atoms with E-state index >= 15 is 0 Å². The fourth-order valence-electron chi connectivity index (χ4n) is 0.666. The SMILES string of the molecule is O=C(c1[nH]ccc1Cl)C(Cl)(Cl)Cl. The Balaban J connectivity index is 3.01. The van der Waals surface area contributed by atoms with E-state index in [9.17, 15) is 4.79 Å². The molecule has 0 amide bonds. The minimum atomic E-state index is -1.96. The molecule has 0 saturated heterocycles. The van der Waals surface area contributed by atoms with Gasteiger partial charge in [0, 0.05) is 6.20 Å². The molecule has 0 fully saturated rings. The highest BCUT2D eigenvalue weighted by Crippen LogP contribution is 2.32. The fraction of sp³-hybridized carbons (Fsp3) is 0.167. The summed E-state index contributed by atoms with van der Waals surface area (Å²) in [6, 6.07) is 1.51. The van der Waals surface area contributed by atoms with Gasteiger partial charge in [0.25, 0.3) is 3.79 Å². The summed E-state index contributed by atoms with van der Waals surface area (Å²) in [7, 11) is 0. The van der Waals surface area contributed by atoms with Crippen LogP contribution in [0.25, 0.3) is 0 Å². The topological polar surface area (TPSA) is 32.9 Å². The second kappa shape index (κ2) is 3.46. The molecule has 0 radical (unpaired) electrons. The first-order valence-electron chi connectivity index (χ1n) is 2.87. The smallest absolute Gasteiger partial charge is 0.255 e. The normalized spacial score (nSPS) is 11.7. The van der Waals surface area contributed by atoms with Crippen molar-refractivity contribution in [2.45, 2.75) is 3.79 Å². The van der Waals surface area contributed by atoms with Crippen LogP contribution in [0.2, 0.25) is 5.02 Å². The van der Waals surface area contributed by atoms with Gasteiger partial charge in [-0.25, -0.2) is 0 Å². The van der Waals surface area contributed by atoms with Crippen LogP contribution in [0.5, 0.6) is 0 Å². The number of aromatic nitrogens is 1. The third kappa shape index (κ3) is 2.07. The standard InChI is InChI=1S/C6H3Cl4NO/c7-3-1-2-11-4(3)5(12)6(8,9)10/h1-2,11H. The number of H-pyrrole nitrogens is 1. The lowest BCUT2D eigenvalue weighted by atomic mass is 10.3. The maximum atomic E-state index is 11.2. The van der Waals surface area contributed by atoms with Crippen LogP contribution in [0, 0.1) is 0 Å². The van der Waals surface area contributed by atoms with E-state index in [1.54, 1.807) is 0 Å². The monoisotopic (exact) mass is 245 g/mol. The van der Waals surface area contributed by atoms with Gasteiger partial charge in [-0.05, 0) is 6.07 Å². The second-order valence-electron chi connectivity index (χ2n) is 2.03. The summed E-state index contributed by atoms with van der Waals surface area (Å²) in [6.45, 7) is 0. The average Bonchev–Trinajstić information content (AvgIpc) is 2.31. The largest absolute Gasteiger partial charge is 0.357 e. The highest BCUT2D eigenvalue weighted by atomic mass is 35.6. The van der Waals surface area contributed by atoms with Crippen LogP contribution in [0.1, 0.15) is 10.5 Å². The molecule has 12 heavy (non-hydrogen) atoms. The molecular weight excluding hydrogens is 244 g/mol. The molecular formula is C6H3Cl4NO. The van der Waals surface area contributed by atoms with Gasteiger partial charge in [0.1, 0.15) is 5.69 Å². The maximum absolute atomic E-state index is 11.2. The van der Waals surface area contributed by atoms with E-state index in [1.807, 2.05) is 0 Å². The molecule has 0 aromatic carbocycles. The molecule has 1 rings (SSSR count). The first kappa shape index (κ1) is 10.2. The minimum Gasteiger partial charge on any atom is -0.357 e. The Morgan fingerprint density at radius 3 is 2.33 bits per heavy atom. The van der Waals surface area contributed by atoms with Crippen LogP contribution in [-0.2, 0) is 0 Å². The van der Waals surface area contributed by atoms with E-state index in [0.717, 1.165) is 0 Å². The van der Waals surface area contributed by atoms with E-state index in [0.29, 0.717) is 0 Å². The van der Waals surface area contributed by atoms with Crippen molar-refractivity contribution in [3.8, 4) is 0 Å². The molecule has 1 aromatic rings. The summed E-state index contributed by atoms with van der Waals surface area (Å²) < 4.78 is -1.96. The van der Waals surface area contributed by atoms with Gasteiger partial charge in [-0.1, -0.05) is 46.4 Å². The number of ketones is 1. The number of rotatable bonds is 1. The van der Waals surface area contributed by atoms with Gasteiger partial charge in [-0.2, -0.15) is 0 Å². The molecule has 0 aliphatic heterocycles. The molecule has 0 spiro atoms. The van der Waals surface area contributed by atoms with Crippen molar-refractivity contribution in [3.05, 3.63) is 23.0 Å². The summed E-state index contributed by atoms with van der Waals surface area (Å²) in [5, 5.41) is 0.242. The quantitative estimate of drug-likeness (QED) is 0.599. The molecule has 0 unspecified atom stereocenters. The van der Waals surface area contributed by atoms with Crippen LogP contribution in [0.15, 0.2) is 12.3 Å². The highest BCUT2D eigenvalue weighted by molar-refractivity contribution is 6.77. The zero-order valence-electron chi connectivity index (χ0n) is 5.57. The molecule has 0 aliphatic carbocycles. The lowest BCUT2D eigenvalue weighted by Crippen LogP contribution is -2.19. The number of aromatic amines is 1. The second-order valence-corrected chi connectivity index (χ2v) is 4.72. The lowest BCUT2D eigenvalue weighted by molar-refractivity contribution is 0.0992. The van der Waals surface area contributed by atoms with Gasteiger partial charge in [-0.3, -0.25) is 4.79 Å². The fourth-order valence-corrected chi connectivity index (χ4v) is 1.15. The lowest BCUT2D eigenvalue weighted by Gasteiger charge is -2.07. The summed E-state index contributed by atoms with van der Waals surface area (Å²) in [4.78, 5) is 13.8. The number of nitrogens with one attached hydrogen (secondary N) is 1. The number of alkyl halides is 3. The van der Waals surface area contributed by atoms with Crippen LogP contribution >= 0.6 is 46.4 Å². The minimum absolute atomic E-state index is 0.108. The molecule has 1 N–H and O–H groups in total. The van der Waals surface area contributed by atoms with Crippen molar-refractivity contribution >= 4 is 52.2 Å². The molecule has 0 saturated carbocycles. The van der Waals surface area contributed by atoms with Crippen molar-refractivity contribution in [1.29, 1.82) is 0 Å². The van der Waals surface area contributed by atoms with Gasteiger partial charge in [0.2, 0.25) is 5.78 Å². The van der Waals surface area contributed by atoms with Crippen molar-refractivity contribution in [3.63, 3.8) is 0 Å². The Bertz CT molecular complexity index is 301. The first-order valence-corrected chi connectivity index (χ1v) is 4.38. The first-order chi connectivity index (χ1) is 5.43. The molecule has 0 atom stereocenters. The number of carbonyl (C=O) groups is 1. The summed E-state index contributed by atoms with van der Waals surface area (Å²) >= 11 is 21.7. The third-order valence-electron chi connectivity index (χ3n) is 1.18. The van der Waals surface area contributed by atoms with Crippen LogP contribution < -0.4 is 0 Å². The summed E-state index contributed by atoms with van der Waals surface area (Å²) in [6.07, 6.45) is 1.49. The van der Waals surface area contributed by atoms with E-state index in [-0.39, 0.29) is 10.7 Å². The predicted molar refractivity (Wildman–Crippen MR) is 50.4 cm³/mol. The zero-order chi connectivity index (χ0) is 9.35. The zero-order valence-corrected chi connectivity index (χ0v) is 8.60. The van der Waals surface area contributed by atoms with Crippen LogP contribution in [0.4, 0.5) is 0 Å². The van der Waals surface area contributed by atoms with Gasteiger partial charge < -0.3 is 4.98 Å². The predicted octanol–water partition coefficient (Wildman–Crippen LogP) is 3.22. The molecule has 0 bridgehead atoms. The van der Waals surface area contributed by atoms with E-state index in [4.69, 9.17) is 46.4 Å². The van der Waals surface area contributed by atoms with Crippen LogP contribution in [-0.4, -0.2) is 14.6 Å². The van der Waals surface area contributed by atoms with Gasteiger partial charge in [0.15, 0.2) is 0 Å². The van der Waals surface area contributed by atoms with Crippen molar-refractivity contribution < 1.29 is 4.79 Å². The Morgan fingerprint density at radius 1 is 1.42 bits per heavy atom. The Labute approximate surface area is 88.7 Å². The molecule has 66 valence electrons. The molecule has 6 heteroatoms. The average molecular weight is 247 g/mol. The number of halogens is 4. The van der Waals surface area contributed by atoms with E-state index < -0.39 is 9.58 Å². The van der Waals surface area contributed by atoms with Crippen LogP contribution in [0.3, 0.4) is 0 Å². The van der Waals surface area contributed by atoms with Crippen molar-refractivity contribution in [1.82, 2.24) is 4.98 Å².